The van der Waals surface area contributed by atoms with Gasteiger partial charge in [-0.25, -0.2) is 4.39 Å². The molecular formula is C14H20FNO2. The molecule has 0 radical (unpaired) electrons. The van der Waals surface area contributed by atoms with Crippen molar-refractivity contribution in [1.82, 2.24) is 0 Å². The van der Waals surface area contributed by atoms with Crippen molar-refractivity contribution in [3.8, 4) is 11.5 Å². The second-order valence-electron chi connectivity index (χ2n) is 5.58. The minimum absolute atomic E-state index is 0.240. The van der Waals surface area contributed by atoms with Crippen LogP contribution in [0.15, 0.2) is 12.1 Å². The fraction of sp³-hybridized carbons (Fsp3) is 0.571. The van der Waals surface area contributed by atoms with E-state index in [-0.39, 0.29) is 11.9 Å². The largest absolute Gasteiger partial charge is 0.493 e. The van der Waals surface area contributed by atoms with Crippen molar-refractivity contribution in [3.63, 3.8) is 0 Å². The first kappa shape index (κ1) is 13.1. The summed E-state index contributed by atoms with van der Waals surface area (Å²) in [5.41, 5.74) is 6.36. The van der Waals surface area contributed by atoms with E-state index in [9.17, 15) is 4.39 Å². The van der Waals surface area contributed by atoms with Crippen LogP contribution >= 0.6 is 0 Å². The van der Waals surface area contributed by atoms with Crippen molar-refractivity contribution in [1.29, 1.82) is 0 Å². The number of ether oxygens (including phenoxy) is 2. The average Bonchev–Trinajstić information content (AvgIpc) is 3.03. The van der Waals surface area contributed by atoms with Gasteiger partial charge < -0.3 is 15.2 Å². The molecule has 0 unspecified atom stereocenters. The summed E-state index contributed by atoms with van der Waals surface area (Å²) < 4.78 is 24.6. The van der Waals surface area contributed by atoms with E-state index in [1.54, 1.807) is 0 Å². The first-order chi connectivity index (χ1) is 8.39. The molecule has 1 aromatic rings. The standard InChI is InChI=1S/C14H20FNO2/c1-14(2,16)8-9-6-10(15)7-12(17-3)13(9)18-11-4-5-11/h6-7,11H,4-5,8,16H2,1-3H3. The first-order valence-electron chi connectivity index (χ1n) is 6.21. The number of rotatable bonds is 5. The van der Waals surface area contributed by atoms with Crippen LogP contribution in [0.1, 0.15) is 32.3 Å². The quantitative estimate of drug-likeness (QED) is 0.877. The Morgan fingerprint density at radius 1 is 1.39 bits per heavy atom. The highest BCUT2D eigenvalue weighted by atomic mass is 19.1. The van der Waals surface area contributed by atoms with Crippen LogP contribution in [-0.4, -0.2) is 18.8 Å². The lowest BCUT2D eigenvalue weighted by Crippen LogP contribution is -2.34. The number of halogens is 1. The Morgan fingerprint density at radius 3 is 2.56 bits per heavy atom. The van der Waals surface area contributed by atoms with Gasteiger partial charge in [-0.15, -0.1) is 0 Å². The second kappa shape index (κ2) is 4.76. The average molecular weight is 253 g/mol. The van der Waals surface area contributed by atoms with Crippen LogP contribution in [0.4, 0.5) is 4.39 Å². The van der Waals surface area contributed by atoms with E-state index in [4.69, 9.17) is 15.2 Å². The smallest absolute Gasteiger partial charge is 0.165 e. The van der Waals surface area contributed by atoms with Crippen LogP contribution < -0.4 is 15.2 Å². The molecule has 1 aromatic carbocycles. The van der Waals surface area contributed by atoms with Crippen molar-refractivity contribution < 1.29 is 13.9 Å². The predicted molar refractivity (Wildman–Crippen MR) is 68.6 cm³/mol. The summed E-state index contributed by atoms with van der Waals surface area (Å²) in [7, 11) is 1.52. The van der Waals surface area contributed by atoms with Crippen molar-refractivity contribution in [2.24, 2.45) is 5.73 Å². The monoisotopic (exact) mass is 253 g/mol. The number of benzene rings is 1. The van der Waals surface area contributed by atoms with Crippen molar-refractivity contribution >= 4 is 0 Å². The zero-order chi connectivity index (χ0) is 13.3. The van der Waals surface area contributed by atoms with Gasteiger partial charge in [0.05, 0.1) is 13.2 Å². The first-order valence-corrected chi connectivity index (χ1v) is 6.21. The molecule has 4 heteroatoms. The summed E-state index contributed by atoms with van der Waals surface area (Å²) >= 11 is 0. The van der Waals surface area contributed by atoms with Gasteiger partial charge in [-0.2, -0.15) is 0 Å². The summed E-state index contributed by atoms with van der Waals surface area (Å²) in [6, 6.07) is 2.83. The minimum atomic E-state index is -0.416. The van der Waals surface area contributed by atoms with Crippen molar-refractivity contribution in [2.45, 2.75) is 44.8 Å². The molecule has 18 heavy (non-hydrogen) atoms. The molecule has 0 heterocycles. The molecule has 0 bridgehead atoms. The third-order valence-corrected chi connectivity index (χ3v) is 2.77. The molecule has 1 saturated carbocycles. The van der Waals surface area contributed by atoms with Crippen molar-refractivity contribution in [3.05, 3.63) is 23.5 Å². The van der Waals surface area contributed by atoms with Gasteiger partial charge in [0.25, 0.3) is 0 Å². The van der Waals surface area contributed by atoms with Gasteiger partial charge in [0.1, 0.15) is 5.82 Å². The van der Waals surface area contributed by atoms with Crippen LogP contribution in [0.2, 0.25) is 0 Å². The van der Waals surface area contributed by atoms with Gasteiger partial charge in [0, 0.05) is 17.2 Å². The van der Waals surface area contributed by atoms with Gasteiger partial charge in [0.2, 0.25) is 0 Å². The molecule has 0 aromatic heterocycles. The van der Waals surface area contributed by atoms with Gasteiger partial charge in [-0.1, -0.05) is 0 Å². The summed E-state index contributed by atoms with van der Waals surface area (Å²) in [5.74, 6) is 0.760. The highest BCUT2D eigenvalue weighted by Crippen LogP contribution is 2.38. The third kappa shape index (κ3) is 3.35. The maximum atomic E-state index is 13.5. The SMILES string of the molecule is COc1cc(F)cc(CC(C)(C)N)c1OC1CC1. The van der Waals surface area contributed by atoms with Crippen LogP contribution in [0.25, 0.3) is 0 Å². The van der Waals surface area contributed by atoms with Gasteiger partial charge in [-0.05, 0) is 39.2 Å². The van der Waals surface area contributed by atoms with Gasteiger partial charge in [-0.3, -0.25) is 0 Å². The Balaban J connectivity index is 2.36. The Morgan fingerprint density at radius 2 is 2.06 bits per heavy atom. The normalized spacial score (nSPS) is 15.6. The molecule has 0 aliphatic heterocycles. The lowest BCUT2D eigenvalue weighted by atomic mass is 9.95. The Labute approximate surface area is 107 Å². The fourth-order valence-electron chi connectivity index (χ4n) is 1.88. The topological polar surface area (TPSA) is 44.5 Å². The van der Waals surface area contributed by atoms with E-state index in [1.165, 1.54) is 19.2 Å². The van der Waals surface area contributed by atoms with Crippen LogP contribution in [-0.2, 0) is 6.42 Å². The van der Waals surface area contributed by atoms with Crippen LogP contribution in [0, 0.1) is 5.82 Å². The minimum Gasteiger partial charge on any atom is -0.493 e. The molecule has 2 rings (SSSR count). The third-order valence-electron chi connectivity index (χ3n) is 2.77. The van der Waals surface area contributed by atoms with Crippen LogP contribution in [0.3, 0.4) is 0 Å². The summed E-state index contributed by atoms with van der Waals surface area (Å²) in [5, 5.41) is 0. The molecule has 2 N–H and O–H groups in total. The highest BCUT2D eigenvalue weighted by Gasteiger charge is 2.28. The highest BCUT2D eigenvalue weighted by molar-refractivity contribution is 5.48. The fourth-order valence-corrected chi connectivity index (χ4v) is 1.88. The molecular weight excluding hydrogens is 233 g/mol. The molecule has 0 amide bonds. The van der Waals surface area contributed by atoms with E-state index < -0.39 is 5.54 Å². The summed E-state index contributed by atoms with van der Waals surface area (Å²) in [6.07, 6.45) is 2.88. The predicted octanol–water partition coefficient (Wildman–Crippen LogP) is 2.66. The lowest BCUT2D eigenvalue weighted by Gasteiger charge is -2.22. The summed E-state index contributed by atoms with van der Waals surface area (Å²) in [6.45, 7) is 3.82. The van der Waals surface area contributed by atoms with Crippen LogP contribution in [0.5, 0.6) is 11.5 Å². The number of hydrogen-bond acceptors (Lipinski definition) is 3. The number of hydrogen-bond donors (Lipinski definition) is 1. The molecule has 3 nitrogen and oxygen atoms in total. The molecule has 0 saturated heterocycles. The maximum Gasteiger partial charge on any atom is 0.165 e. The Hall–Kier alpha value is -1.29. The van der Waals surface area contributed by atoms with E-state index in [0.717, 1.165) is 18.4 Å². The molecule has 1 aliphatic carbocycles. The van der Waals surface area contributed by atoms with Crippen molar-refractivity contribution in [2.75, 3.05) is 7.11 Å². The van der Waals surface area contributed by atoms with E-state index in [0.29, 0.717) is 17.9 Å². The summed E-state index contributed by atoms with van der Waals surface area (Å²) in [4.78, 5) is 0. The zero-order valence-electron chi connectivity index (χ0n) is 11.1. The Kier molecular flexibility index (Phi) is 3.48. The maximum absolute atomic E-state index is 13.5. The van der Waals surface area contributed by atoms with Gasteiger partial charge in [0.15, 0.2) is 11.5 Å². The van der Waals surface area contributed by atoms with Gasteiger partial charge >= 0.3 is 0 Å². The molecule has 100 valence electrons. The number of nitrogens with two attached hydrogens (primary N) is 1. The van der Waals surface area contributed by atoms with E-state index in [1.807, 2.05) is 13.8 Å². The lowest BCUT2D eigenvalue weighted by molar-refractivity contribution is 0.276. The van der Waals surface area contributed by atoms with E-state index in [2.05, 4.69) is 0 Å². The second-order valence-corrected chi connectivity index (χ2v) is 5.58. The molecule has 0 atom stereocenters. The number of methoxy groups -OCH3 is 1. The molecule has 0 spiro atoms. The van der Waals surface area contributed by atoms with E-state index >= 15 is 0 Å². The zero-order valence-corrected chi connectivity index (χ0v) is 11.1. The molecule has 1 fully saturated rings. The Bertz CT molecular complexity index is 436. The molecule has 1 aliphatic rings.